The topological polar surface area (TPSA) is 37.8 Å². The van der Waals surface area contributed by atoms with Crippen LogP contribution in [0, 0.1) is 5.92 Å². The third-order valence-electron chi connectivity index (χ3n) is 5.12. The summed E-state index contributed by atoms with van der Waals surface area (Å²) in [4.78, 5) is 9.69. The minimum atomic E-state index is 0.481. The van der Waals surface area contributed by atoms with Gasteiger partial charge >= 0.3 is 0 Å². The lowest BCUT2D eigenvalue weighted by Gasteiger charge is -2.30. The molecule has 2 unspecified atom stereocenters. The molecule has 1 heterocycles. The van der Waals surface area contributed by atoms with Gasteiger partial charge in [0, 0.05) is 21.5 Å². The van der Waals surface area contributed by atoms with Crippen molar-refractivity contribution in [3.8, 4) is 11.4 Å². The number of hydrogen-bond acceptors (Lipinski definition) is 3. The average molecular weight is 396 g/mol. The first kappa shape index (κ1) is 16.5. The Morgan fingerprint density at radius 1 is 1.00 bits per heavy atom. The predicted molar refractivity (Wildman–Crippen MR) is 108 cm³/mol. The SMILES string of the molecule is CC1CCCCC1Nc1nc(-c2ccccc2)nc2ccc(Br)cc12. The van der Waals surface area contributed by atoms with Crippen LogP contribution in [0.3, 0.4) is 0 Å². The molecule has 1 aliphatic rings. The van der Waals surface area contributed by atoms with E-state index >= 15 is 0 Å². The Hall–Kier alpha value is -1.94. The maximum atomic E-state index is 4.90. The molecule has 0 radical (unpaired) electrons. The van der Waals surface area contributed by atoms with E-state index in [1.807, 2.05) is 24.3 Å². The second kappa shape index (κ2) is 7.12. The molecular weight excluding hydrogens is 374 g/mol. The second-order valence-electron chi connectivity index (χ2n) is 6.94. The van der Waals surface area contributed by atoms with Gasteiger partial charge in [0.1, 0.15) is 5.82 Å². The first-order chi connectivity index (χ1) is 12.2. The fourth-order valence-electron chi connectivity index (χ4n) is 3.63. The summed E-state index contributed by atoms with van der Waals surface area (Å²) in [5, 5.41) is 4.81. The van der Waals surface area contributed by atoms with Gasteiger partial charge in [0.2, 0.25) is 0 Å². The van der Waals surface area contributed by atoms with Crippen LogP contribution in [-0.2, 0) is 0 Å². The number of aromatic nitrogens is 2. The van der Waals surface area contributed by atoms with Gasteiger partial charge in [-0.3, -0.25) is 0 Å². The van der Waals surface area contributed by atoms with Crippen molar-refractivity contribution in [1.29, 1.82) is 0 Å². The molecule has 2 aromatic carbocycles. The molecule has 1 saturated carbocycles. The summed E-state index contributed by atoms with van der Waals surface area (Å²) in [6, 6.07) is 16.9. The van der Waals surface area contributed by atoms with Crippen molar-refractivity contribution in [3.05, 3.63) is 53.0 Å². The summed E-state index contributed by atoms with van der Waals surface area (Å²) in [5.74, 6) is 2.40. The Morgan fingerprint density at radius 3 is 2.60 bits per heavy atom. The van der Waals surface area contributed by atoms with Gasteiger partial charge in [0.15, 0.2) is 5.82 Å². The fraction of sp³-hybridized carbons (Fsp3) is 0.333. The van der Waals surface area contributed by atoms with Gasteiger partial charge in [-0.2, -0.15) is 0 Å². The van der Waals surface area contributed by atoms with Crippen molar-refractivity contribution in [2.45, 2.75) is 38.6 Å². The van der Waals surface area contributed by atoms with Crippen LogP contribution in [-0.4, -0.2) is 16.0 Å². The molecule has 0 amide bonds. The molecule has 0 bridgehead atoms. The molecule has 3 nitrogen and oxygen atoms in total. The summed E-state index contributed by atoms with van der Waals surface area (Å²) < 4.78 is 1.05. The smallest absolute Gasteiger partial charge is 0.162 e. The number of nitrogens with one attached hydrogen (secondary N) is 1. The molecule has 0 saturated heterocycles. The molecule has 1 fully saturated rings. The average Bonchev–Trinajstić information content (AvgIpc) is 2.64. The zero-order valence-corrected chi connectivity index (χ0v) is 16.0. The molecular formula is C21H22BrN3. The predicted octanol–water partition coefficient (Wildman–Crippen LogP) is 6.05. The zero-order chi connectivity index (χ0) is 17.2. The van der Waals surface area contributed by atoms with Gasteiger partial charge in [0.25, 0.3) is 0 Å². The molecule has 4 rings (SSSR count). The van der Waals surface area contributed by atoms with E-state index in [1.54, 1.807) is 0 Å². The lowest BCUT2D eigenvalue weighted by Crippen LogP contribution is -2.30. The van der Waals surface area contributed by atoms with E-state index in [4.69, 9.17) is 9.97 Å². The third-order valence-corrected chi connectivity index (χ3v) is 5.62. The van der Waals surface area contributed by atoms with Crippen LogP contribution in [0.2, 0.25) is 0 Å². The van der Waals surface area contributed by atoms with E-state index in [2.05, 4.69) is 52.4 Å². The molecule has 0 spiro atoms. The van der Waals surface area contributed by atoms with Crippen molar-refractivity contribution >= 4 is 32.7 Å². The highest BCUT2D eigenvalue weighted by Gasteiger charge is 2.22. The lowest BCUT2D eigenvalue weighted by atomic mass is 9.86. The molecule has 1 N–H and O–H groups in total. The van der Waals surface area contributed by atoms with Crippen molar-refractivity contribution in [2.75, 3.05) is 5.32 Å². The molecule has 128 valence electrons. The van der Waals surface area contributed by atoms with Crippen LogP contribution >= 0.6 is 15.9 Å². The van der Waals surface area contributed by atoms with Gasteiger partial charge in [-0.05, 0) is 37.0 Å². The number of rotatable bonds is 3. The van der Waals surface area contributed by atoms with E-state index in [0.717, 1.165) is 32.6 Å². The normalized spacial score (nSPS) is 20.6. The number of anilines is 1. The summed E-state index contributed by atoms with van der Waals surface area (Å²) in [6.45, 7) is 2.34. The minimum Gasteiger partial charge on any atom is -0.366 e. The fourth-order valence-corrected chi connectivity index (χ4v) is 3.99. The van der Waals surface area contributed by atoms with Crippen LogP contribution < -0.4 is 5.32 Å². The Bertz CT molecular complexity index is 879. The first-order valence-electron chi connectivity index (χ1n) is 9.00. The number of hydrogen-bond donors (Lipinski definition) is 1. The van der Waals surface area contributed by atoms with Crippen LogP contribution in [0.1, 0.15) is 32.6 Å². The van der Waals surface area contributed by atoms with Crippen LogP contribution in [0.25, 0.3) is 22.3 Å². The van der Waals surface area contributed by atoms with Gasteiger partial charge in [-0.25, -0.2) is 9.97 Å². The molecule has 3 aromatic rings. The number of fused-ring (bicyclic) bond motifs is 1. The first-order valence-corrected chi connectivity index (χ1v) is 9.79. The van der Waals surface area contributed by atoms with Gasteiger partial charge < -0.3 is 5.32 Å². The quantitative estimate of drug-likeness (QED) is 0.586. The highest BCUT2D eigenvalue weighted by Crippen LogP contribution is 2.31. The maximum absolute atomic E-state index is 4.90. The number of benzene rings is 2. The van der Waals surface area contributed by atoms with Gasteiger partial charge in [0.05, 0.1) is 5.52 Å². The summed E-state index contributed by atoms with van der Waals surface area (Å²) in [7, 11) is 0. The lowest BCUT2D eigenvalue weighted by molar-refractivity contribution is 0.349. The van der Waals surface area contributed by atoms with Crippen LogP contribution in [0.5, 0.6) is 0 Å². The summed E-state index contributed by atoms with van der Waals surface area (Å²) >= 11 is 3.58. The van der Waals surface area contributed by atoms with E-state index in [-0.39, 0.29) is 0 Å². The van der Waals surface area contributed by atoms with Crippen LogP contribution in [0.4, 0.5) is 5.82 Å². The molecule has 2 atom stereocenters. The van der Waals surface area contributed by atoms with Gasteiger partial charge in [-0.1, -0.05) is 66.0 Å². The Labute approximate surface area is 157 Å². The number of halogens is 1. The summed E-state index contributed by atoms with van der Waals surface area (Å²) in [6.07, 6.45) is 5.13. The number of nitrogens with zero attached hydrogens (tertiary/aromatic N) is 2. The van der Waals surface area contributed by atoms with E-state index in [0.29, 0.717) is 12.0 Å². The van der Waals surface area contributed by atoms with Crippen molar-refractivity contribution in [3.63, 3.8) is 0 Å². The monoisotopic (exact) mass is 395 g/mol. The third kappa shape index (κ3) is 3.54. The molecule has 1 aromatic heterocycles. The van der Waals surface area contributed by atoms with Crippen molar-refractivity contribution < 1.29 is 0 Å². The highest BCUT2D eigenvalue weighted by atomic mass is 79.9. The largest absolute Gasteiger partial charge is 0.366 e. The molecule has 25 heavy (non-hydrogen) atoms. The molecule has 4 heteroatoms. The molecule has 0 aliphatic heterocycles. The summed E-state index contributed by atoms with van der Waals surface area (Å²) in [5.41, 5.74) is 2.02. The Balaban J connectivity index is 1.80. The standard InChI is InChI=1S/C21H22BrN3/c1-14-7-5-6-10-18(14)23-21-17-13-16(22)11-12-19(17)24-20(25-21)15-8-3-2-4-9-15/h2-4,8-9,11-14,18H,5-7,10H2,1H3,(H,23,24,25). The van der Waals surface area contributed by atoms with E-state index in [1.165, 1.54) is 25.7 Å². The van der Waals surface area contributed by atoms with Crippen molar-refractivity contribution in [1.82, 2.24) is 9.97 Å². The molecule has 1 aliphatic carbocycles. The minimum absolute atomic E-state index is 0.481. The van der Waals surface area contributed by atoms with Crippen molar-refractivity contribution in [2.24, 2.45) is 5.92 Å². The second-order valence-corrected chi connectivity index (χ2v) is 7.85. The Kier molecular flexibility index (Phi) is 4.71. The van der Waals surface area contributed by atoms with Crippen LogP contribution in [0.15, 0.2) is 53.0 Å². The van der Waals surface area contributed by atoms with Gasteiger partial charge in [-0.15, -0.1) is 0 Å². The highest BCUT2D eigenvalue weighted by molar-refractivity contribution is 9.10. The Morgan fingerprint density at radius 2 is 1.80 bits per heavy atom. The van der Waals surface area contributed by atoms with E-state index in [9.17, 15) is 0 Å². The maximum Gasteiger partial charge on any atom is 0.162 e. The van der Waals surface area contributed by atoms with E-state index < -0.39 is 0 Å². The zero-order valence-electron chi connectivity index (χ0n) is 14.4.